The minimum atomic E-state index is -0.428. The van der Waals surface area contributed by atoms with Crippen LogP contribution in [-0.4, -0.2) is 40.1 Å². The van der Waals surface area contributed by atoms with Crippen LogP contribution in [0.15, 0.2) is 16.7 Å². The monoisotopic (exact) mass is 304 g/mol. The van der Waals surface area contributed by atoms with Gasteiger partial charge in [-0.1, -0.05) is 11.6 Å². The Morgan fingerprint density at radius 1 is 1.69 bits per heavy atom. The van der Waals surface area contributed by atoms with Gasteiger partial charge in [0, 0.05) is 23.8 Å². The summed E-state index contributed by atoms with van der Waals surface area (Å²) in [5.74, 6) is -0.185. The molecule has 2 heterocycles. The van der Waals surface area contributed by atoms with Crippen molar-refractivity contribution in [3.05, 3.63) is 27.5 Å². The summed E-state index contributed by atoms with van der Waals surface area (Å²) in [5.41, 5.74) is 0.366. The Balaban J connectivity index is 2.23. The highest BCUT2D eigenvalue weighted by Crippen LogP contribution is 2.21. The molecule has 1 fully saturated rings. The first-order chi connectivity index (χ1) is 7.58. The summed E-state index contributed by atoms with van der Waals surface area (Å²) in [5, 5.41) is 9.56. The number of hydrogen-bond acceptors (Lipinski definition) is 3. The van der Waals surface area contributed by atoms with E-state index in [0.717, 1.165) is 0 Å². The molecule has 1 saturated heterocycles. The third-order valence-electron chi connectivity index (χ3n) is 2.49. The molecule has 0 radical (unpaired) electrons. The predicted octanol–water partition coefficient (Wildman–Crippen LogP) is 1.70. The van der Waals surface area contributed by atoms with Gasteiger partial charge in [0.1, 0.15) is 5.15 Å². The zero-order valence-corrected chi connectivity index (χ0v) is 10.7. The molecule has 1 N–H and O–H groups in total. The van der Waals surface area contributed by atoms with Gasteiger partial charge in [-0.3, -0.25) is 4.79 Å². The second-order valence-corrected chi connectivity index (χ2v) is 4.96. The number of amides is 1. The maximum atomic E-state index is 12.0. The zero-order chi connectivity index (χ0) is 11.7. The number of carbonyl (C=O) groups excluding carboxylic acids is 1. The molecule has 0 unspecified atom stereocenters. The fraction of sp³-hybridized carbons (Fsp3) is 0.400. The summed E-state index contributed by atoms with van der Waals surface area (Å²) in [6.07, 6.45) is 1.73. The summed E-state index contributed by atoms with van der Waals surface area (Å²) in [4.78, 5) is 17.5. The quantitative estimate of drug-likeness (QED) is 0.804. The maximum absolute atomic E-state index is 12.0. The molecule has 16 heavy (non-hydrogen) atoms. The number of aliphatic hydroxyl groups excluding tert-OH is 1. The number of nitrogens with zero attached hydrogens (tertiary/aromatic N) is 2. The molecule has 1 aromatic rings. The predicted molar refractivity (Wildman–Crippen MR) is 63.5 cm³/mol. The number of likely N-dealkylation sites (tertiary alicyclic amines) is 1. The van der Waals surface area contributed by atoms with Gasteiger partial charge in [-0.25, -0.2) is 4.98 Å². The Kier molecular flexibility index (Phi) is 3.47. The normalized spacial score (nSPS) is 20.2. The van der Waals surface area contributed by atoms with E-state index in [1.807, 2.05) is 0 Å². The maximum Gasteiger partial charge on any atom is 0.257 e. The van der Waals surface area contributed by atoms with Crippen molar-refractivity contribution in [3.8, 4) is 0 Å². The fourth-order valence-electron chi connectivity index (χ4n) is 1.67. The van der Waals surface area contributed by atoms with Gasteiger partial charge in [0.25, 0.3) is 5.91 Å². The largest absolute Gasteiger partial charge is 0.391 e. The molecule has 6 heteroatoms. The van der Waals surface area contributed by atoms with Crippen LogP contribution < -0.4 is 0 Å². The molecule has 0 aromatic carbocycles. The molecule has 1 aliphatic rings. The van der Waals surface area contributed by atoms with Crippen molar-refractivity contribution in [2.45, 2.75) is 12.5 Å². The van der Waals surface area contributed by atoms with E-state index < -0.39 is 6.10 Å². The van der Waals surface area contributed by atoms with Crippen molar-refractivity contribution in [1.82, 2.24) is 9.88 Å². The Labute approximate surface area is 106 Å². The molecule has 0 saturated carbocycles. The van der Waals surface area contributed by atoms with Crippen molar-refractivity contribution in [3.63, 3.8) is 0 Å². The molecule has 86 valence electrons. The van der Waals surface area contributed by atoms with Crippen LogP contribution in [0.4, 0.5) is 0 Å². The molecular weight excluding hydrogens is 295 g/mol. The number of carbonyl (C=O) groups is 1. The third-order valence-corrected chi connectivity index (χ3v) is 3.22. The van der Waals surface area contributed by atoms with E-state index >= 15 is 0 Å². The second kappa shape index (κ2) is 4.69. The summed E-state index contributed by atoms with van der Waals surface area (Å²) in [6, 6.07) is 1.64. The SMILES string of the molecule is O=C(c1cc(Br)cnc1Cl)N1CC[C@H](O)C1. The van der Waals surface area contributed by atoms with Crippen LogP contribution >= 0.6 is 27.5 Å². The molecule has 1 aromatic heterocycles. The van der Waals surface area contributed by atoms with Gasteiger partial charge < -0.3 is 10.0 Å². The summed E-state index contributed by atoms with van der Waals surface area (Å²) in [7, 11) is 0. The van der Waals surface area contributed by atoms with E-state index in [9.17, 15) is 9.90 Å². The van der Waals surface area contributed by atoms with Gasteiger partial charge in [0.2, 0.25) is 0 Å². The molecule has 4 nitrogen and oxygen atoms in total. The summed E-state index contributed by atoms with van der Waals surface area (Å²) < 4.78 is 0.708. The highest BCUT2D eigenvalue weighted by atomic mass is 79.9. The molecule has 0 spiro atoms. The Morgan fingerprint density at radius 3 is 3.06 bits per heavy atom. The Bertz CT molecular complexity index is 427. The lowest BCUT2D eigenvalue weighted by Gasteiger charge is -2.15. The van der Waals surface area contributed by atoms with Crippen LogP contribution in [0, 0.1) is 0 Å². The fourth-order valence-corrected chi connectivity index (χ4v) is 2.18. The minimum absolute atomic E-state index is 0.185. The van der Waals surface area contributed by atoms with Crippen molar-refractivity contribution in [2.24, 2.45) is 0 Å². The zero-order valence-electron chi connectivity index (χ0n) is 8.36. The summed E-state index contributed by atoms with van der Waals surface area (Å²) in [6.45, 7) is 0.921. The van der Waals surface area contributed by atoms with Crippen LogP contribution in [0.5, 0.6) is 0 Å². The number of aliphatic hydroxyl groups is 1. The number of hydrogen-bond donors (Lipinski definition) is 1. The number of β-amino-alcohol motifs (C(OH)–C–C–N with tert-alkyl or cyclic N) is 1. The first-order valence-electron chi connectivity index (χ1n) is 4.86. The van der Waals surface area contributed by atoms with Crippen molar-refractivity contribution >= 4 is 33.4 Å². The molecule has 1 aliphatic heterocycles. The van der Waals surface area contributed by atoms with Crippen LogP contribution in [0.3, 0.4) is 0 Å². The average molecular weight is 306 g/mol. The van der Waals surface area contributed by atoms with Crippen LogP contribution in [0.25, 0.3) is 0 Å². The molecular formula is C10H10BrClN2O2. The Morgan fingerprint density at radius 2 is 2.44 bits per heavy atom. The average Bonchev–Trinajstić information content (AvgIpc) is 2.67. The second-order valence-electron chi connectivity index (χ2n) is 3.69. The molecule has 0 aliphatic carbocycles. The lowest BCUT2D eigenvalue weighted by atomic mass is 10.2. The van der Waals surface area contributed by atoms with Gasteiger partial charge >= 0.3 is 0 Å². The van der Waals surface area contributed by atoms with E-state index in [0.29, 0.717) is 29.5 Å². The topological polar surface area (TPSA) is 53.4 Å². The van der Waals surface area contributed by atoms with Crippen molar-refractivity contribution < 1.29 is 9.90 Å². The van der Waals surface area contributed by atoms with Gasteiger partial charge in [-0.15, -0.1) is 0 Å². The minimum Gasteiger partial charge on any atom is -0.391 e. The number of halogens is 2. The lowest BCUT2D eigenvalue weighted by molar-refractivity contribution is 0.0764. The van der Waals surface area contributed by atoms with Gasteiger partial charge in [-0.2, -0.15) is 0 Å². The van der Waals surface area contributed by atoms with Crippen LogP contribution in [0.2, 0.25) is 5.15 Å². The van der Waals surface area contributed by atoms with Crippen molar-refractivity contribution in [1.29, 1.82) is 0 Å². The highest BCUT2D eigenvalue weighted by Gasteiger charge is 2.27. The van der Waals surface area contributed by atoms with Gasteiger partial charge in [-0.05, 0) is 28.4 Å². The standard InChI is InChI=1S/C10H10BrClN2O2/c11-6-3-8(9(12)13-4-6)10(16)14-2-1-7(15)5-14/h3-4,7,15H,1-2,5H2/t7-/m0/s1. The first-order valence-corrected chi connectivity index (χ1v) is 6.03. The molecule has 1 atom stereocenters. The smallest absolute Gasteiger partial charge is 0.257 e. The number of pyridine rings is 1. The summed E-state index contributed by atoms with van der Waals surface area (Å²) >= 11 is 9.11. The van der Waals surface area contributed by atoms with Crippen LogP contribution in [-0.2, 0) is 0 Å². The Hall–Kier alpha value is -0.650. The van der Waals surface area contributed by atoms with E-state index in [2.05, 4.69) is 20.9 Å². The highest BCUT2D eigenvalue weighted by molar-refractivity contribution is 9.10. The van der Waals surface area contributed by atoms with Crippen molar-refractivity contribution in [2.75, 3.05) is 13.1 Å². The molecule has 2 rings (SSSR count). The first kappa shape index (κ1) is 11.8. The molecule has 0 bridgehead atoms. The van der Waals surface area contributed by atoms with Gasteiger partial charge in [0.05, 0.1) is 11.7 Å². The molecule has 1 amide bonds. The third kappa shape index (κ3) is 2.36. The van der Waals surface area contributed by atoms with E-state index in [4.69, 9.17) is 11.6 Å². The number of aromatic nitrogens is 1. The van der Waals surface area contributed by atoms with E-state index in [1.165, 1.54) is 6.20 Å². The van der Waals surface area contributed by atoms with Gasteiger partial charge in [0.15, 0.2) is 0 Å². The van der Waals surface area contributed by atoms with E-state index in [1.54, 1.807) is 11.0 Å². The lowest BCUT2D eigenvalue weighted by Crippen LogP contribution is -2.29. The van der Waals surface area contributed by atoms with Crippen LogP contribution in [0.1, 0.15) is 16.8 Å². The van der Waals surface area contributed by atoms with E-state index in [-0.39, 0.29) is 11.1 Å². The number of rotatable bonds is 1.